The minimum absolute atomic E-state index is 0.305. The van der Waals surface area contributed by atoms with Crippen LogP contribution in [0, 0.1) is 5.82 Å². The molecule has 1 atom stereocenters. The lowest BCUT2D eigenvalue weighted by Gasteiger charge is -2.19. The van der Waals surface area contributed by atoms with Crippen LogP contribution in [0.15, 0.2) is 72.9 Å². The summed E-state index contributed by atoms with van der Waals surface area (Å²) in [6, 6.07) is 19.7. The molecule has 0 fully saturated rings. The summed E-state index contributed by atoms with van der Waals surface area (Å²) in [5, 5.41) is 3.32. The van der Waals surface area contributed by atoms with Gasteiger partial charge in [-0.1, -0.05) is 30.3 Å². The number of pyridine rings is 1. The van der Waals surface area contributed by atoms with Crippen molar-refractivity contribution < 1.29 is 4.39 Å². The summed E-state index contributed by atoms with van der Waals surface area (Å²) < 4.78 is 13.3. The third-order valence-corrected chi connectivity index (χ3v) is 4.39. The molecule has 0 saturated carbocycles. The fourth-order valence-electron chi connectivity index (χ4n) is 3.05. The van der Waals surface area contributed by atoms with Crippen molar-refractivity contribution in [3.05, 3.63) is 95.4 Å². The maximum atomic E-state index is 13.3. The summed E-state index contributed by atoms with van der Waals surface area (Å²) in [7, 11) is 0. The standard InChI is InChI=1S/C22H24FN5/c1-15(24)21(22(28-25)17-7-9-19(23)10-8-17)18-11-12-26-20(13-18)27-14-16-5-3-2-4-6-16/h2-13,15,28H,14,24-25H2,1H3,(H,26,27)/b22-21+. The van der Waals surface area contributed by atoms with Crippen molar-refractivity contribution in [3.8, 4) is 0 Å². The number of rotatable bonds is 7. The summed E-state index contributed by atoms with van der Waals surface area (Å²) >= 11 is 0. The zero-order valence-corrected chi connectivity index (χ0v) is 15.7. The molecule has 0 radical (unpaired) electrons. The van der Waals surface area contributed by atoms with Crippen molar-refractivity contribution in [3.63, 3.8) is 0 Å². The maximum Gasteiger partial charge on any atom is 0.126 e. The molecule has 0 aliphatic carbocycles. The van der Waals surface area contributed by atoms with Crippen LogP contribution in [0.1, 0.15) is 23.6 Å². The van der Waals surface area contributed by atoms with E-state index in [-0.39, 0.29) is 11.9 Å². The zero-order chi connectivity index (χ0) is 19.9. The van der Waals surface area contributed by atoms with Crippen LogP contribution in [-0.4, -0.2) is 11.0 Å². The molecule has 0 spiro atoms. The van der Waals surface area contributed by atoms with E-state index in [2.05, 4.69) is 27.9 Å². The summed E-state index contributed by atoms with van der Waals surface area (Å²) in [4.78, 5) is 4.39. The van der Waals surface area contributed by atoms with E-state index in [1.807, 2.05) is 37.3 Å². The molecule has 3 rings (SSSR count). The predicted molar refractivity (Wildman–Crippen MR) is 112 cm³/mol. The van der Waals surface area contributed by atoms with Crippen LogP contribution in [0.25, 0.3) is 11.3 Å². The summed E-state index contributed by atoms with van der Waals surface area (Å²) in [6.45, 7) is 2.54. The van der Waals surface area contributed by atoms with Crippen LogP contribution < -0.4 is 22.3 Å². The van der Waals surface area contributed by atoms with Crippen LogP contribution in [0.2, 0.25) is 0 Å². The van der Waals surface area contributed by atoms with Crippen LogP contribution in [0.5, 0.6) is 0 Å². The number of hydrazine groups is 1. The van der Waals surface area contributed by atoms with E-state index in [0.717, 1.165) is 28.1 Å². The lowest BCUT2D eigenvalue weighted by atomic mass is 9.95. The molecule has 144 valence electrons. The van der Waals surface area contributed by atoms with Gasteiger partial charge in [-0.05, 0) is 60.0 Å². The Balaban J connectivity index is 1.94. The van der Waals surface area contributed by atoms with Crippen molar-refractivity contribution in [2.24, 2.45) is 11.6 Å². The minimum Gasteiger partial charge on any atom is -0.366 e. The molecule has 28 heavy (non-hydrogen) atoms. The van der Waals surface area contributed by atoms with E-state index in [1.54, 1.807) is 18.3 Å². The fourth-order valence-corrected chi connectivity index (χ4v) is 3.05. The topological polar surface area (TPSA) is 89.0 Å². The van der Waals surface area contributed by atoms with Crippen molar-refractivity contribution >= 4 is 17.1 Å². The number of nitrogens with zero attached hydrogens (tertiary/aromatic N) is 1. The third kappa shape index (κ3) is 4.73. The van der Waals surface area contributed by atoms with Crippen LogP contribution >= 0.6 is 0 Å². The summed E-state index contributed by atoms with van der Waals surface area (Å²) in [6.07, 6.45) is 1.73. The fraction of sp³-hybridized carbons (Fsp3) is 0.136. The first-order valence-electron chi connectivity index (χ1n) is 9.05. The van der Waals surface area contributed by atoms with E-state index in [9.17, 15) is 4.39 Å². The van der Waals surface area contributed by atoms with E-state index in [1.165, 1.54) is 12.1 Å². The van der Waals surface area contributed by atoms with Gasteiger partial charge in [0.25, 0.3) is 0 Å². The second-order valence-electron chi connectivity index (χ2n) is 6.50. The average molecular weight is 377 g/mol. The number of hydrogen-bond donors (Lipinski definition) is 4. The number of nitrogens with two attached hydrogens (primary N) is 2. The quantitative estimate of drug-likeness (QED) is 0.374. The molecule has 0 bridgehead atoms. The maximum absolute atomic E-state index is 13.3. The first kappa shape index (κ1) is 19.5. The van der Waals surface area contributed by atoms with E-state index < -0.39 is 0 Å². The molecule has 2 aromatic carbocycles. The van der Waals surface area contributed by atoms with Gasteiger partial charge in [-0.2, -0.15) is 0 Å². The van der Waals surface area contributed by atoms with Gasteiger partial charge in [-0.3, -0.25) is 5.84 Å². The lowest BCUT2D eigenvalue weighted by Crippen LogP contribution is -2.27. The molecule has 0 saturated heterocycles. The molecule has 1 unspecified atom stereocenters. The van der Waals surface area contributed by atoms with Gasteiger partial charge in [0.2, 0.25) is 0 Å². The summed E-state index contributed by atoms with van der Waals surface area (Å²) in [5.41, 5.74) is 13.3. The van der Waals surface area contributed by atoms with E-state index in [4.69, 9.17) is 11.6 Å². The molecular weight excluding hydrogens is 353 g/mol. The second-order valence-corrected chi connectivity index (χ2v) is 6.50. The van der Waals surface area contributed by atoms with Crippen LogP contribution in [0.3, 0.4) is 0 Å². The van der Waals surface area contributed by atoms with Gasteiger partial charge < -0.3 is 16.5 Å². The molecule has 6 N–H and O–H groups in total. The van der Waals surface area contributed by atoms with Gasteiger partial charge in [0, 0.05) is 24.4 Å². The molecule has 6 heteroatoms. The Kier molecular flexibility index (Phi) is 6.37. The van der Waals surface area contributed by atoms with Crippen molar-refractivity contribution in [2.45, 2.75) is 19.5 Å². The lowest BCUT2D eigenvalue weighted by molar-refractivity contribution is 0.627. The summed E-state index contributed by atoms with van der Waals surface area (Å²) in [5.74, 6) is 6.23. The van der Waals surface area contributed by atoms with Gasteiger partial charge in [0.05, 0.1) is 5.70 Å². The highest BCUT2D eigenvalue weighted by molar-refractivity contribution is 5.92. The first-order chi connectivity index (χ1) is 13.6. The Morgan fingerprint density at radius 1 is 1.04 bits per heavy atom. The van der Waals surface area contributed by atoms with Gasteiger partial charge in [0.1, 0.15) is 11.6 Å². The third-order valence-electron chi connectivity index (χ3n) is 4.39. The normalized spacial score (nSPS) is 12.9. The largest absolute Gasteiger partial charge is 0.366 e. The molecule has 0 aliphatic rings. The molecule has 0 aliphatic heterocycles. The number of halogens is 1. The van der Waals surface area contributed by atoms with Crippen molar-refractivity contribution in [2.75, 3.05) is 5.32 Å². The highest BCUT2D eigenvalue weighted by Crippen LogP contribution is 2.27. The van der Waals surface area contributed by atoms with Crippen LogP contribution in [-0.2, 0) is 6.54 Å². The molecule has 5 nitrogen and oxygen atoms in total. The Hall–Kier alpha value is -3.22. The highest BCUT2D eigenvalue weighted by atomic mass is 19.1. The number of hydrogen-bond acceptors (Lipinski definition) is 5. The second kappa shape index (κ2) is 9.12. The Labute approximate surface area is 164 Å². The first-order valence-corrected chi connectivity index (χ1v) is 9.05. The zero-order valence-electron chi connectivity index (χ0n) is 15.7. The van der Waals surface area contributed by atoms with Gasteiger partial charge >= 0.3 is 0 Å². The van der Waals surface area contributed by atoms with Gasteiger partial charge in [0.15, 0.2) is 0 Å². The number of aromatic nitrogens is 1. The van der Waals surface area contributed by atoms with Gasteiger partial charge in [-0.25, -0.2) is 9.37 Å². The predicted octanol–water partition coefficient (Wildman–Crippen LogP) is 3.51. The van der Waals surface area contributed by atoms with Crippen molar-refractivity contribution in [1.29, 1.82) is 0 Å². The highest BCUT2D eigenvalue weighted by Gasteiger charge is 2.16. The van der Waals surface area contributed by atoms with Crippen molar-refractivity contribution in [1.82, 2.24) is 10.4 Å². The Morgan fingerprint density at radius 2 is 1.75 bits per heavy atom. The molecule has 3 aromatic rings. The van der Waals surface area contributed by atoms with Crippen LogP contribution in [0.4, 0.5) is 10.2 Å². The number of nitrogens with one attached hydrogen (secondary N) is 2. The average Bonchev–Trinajstić information content (AvgIpc) is 2.72. The number of anilines is 1. The van der Waals surface area contributed by atoms with E-state index in [0.29, 0.717) is 12.2 Å². The Morgan fingerprint density at radius 3 is 2.39 bits per heavy atom. The monoisotopic (exact) mass is 377 g/mol. The molecule has 1 heterocycles. The van der Waals surface area contributed by atoms with Gasteiger partial charge in [-0.15, -0.1) is 0 Å². The molecule has 0 amide bonds. The van der Waals surface area contributed by atoms with E-state index >= 15 is 0 Å². The molecular formula is C22H24FN5. The minimum atomic E-state index is -0.307. The number of benzene rings is 2. The molecule has 1 aromatic heterocycles. The Bertz CT molecular complexity index is 937. The smallest absolute Gasteiger partial charge is 0.126 e. The SMILES string of the molecule is CC(N)/C(=C(\NN)c1ccc(F)cc1)c1ccnc(NCc2ccccc2)c1.